The number of nitrogens with zero attached hydrogens (tertiary/aromatic N) is 2. The van der Waals surface area contributed by atoms with Crippen molar-refractivity contribution in [2.45, 2.75) is 65.5 Å². The molecule has 0 fully saturated rings. The molecule has 1 aromatic rings. The van der Waals surface area contributed by atoms with E-state index in [9.17, 15) is 9.59 Å². The smallest absolute Gasteiger partial charge is 0.242 e. The molecule has 0 saturated heterocycles. The number of hydrogen-bond donors (Lipinski definition) is 0. The first-order chi connectivity index (χ1) is 12.5. The SMILES string of the molecule is CC(=O)N(CCC1=CCCCC1)CC(=O)N(Cc1ccccc1)C(C)C. The third kappa shape index (κ3) is 6.32. The highest BCUT2D eigenvalue weighted by atomic mass is 16.2. The Morgan fingerprint density at radius 1 is 1.12 bits per heavy atom. The number of allylic oxidation sites excluding steroid dienone is 1. The zero-order valence-electron chi connectivity index (χ0n) is 16.4. The van der Waals surface area contributed by atoms with Crippen LogP contribution in [-0.2, 0) is 16.1 Å². The molecule has 0 aliphatic heterocycles. The van der Waals surface area contributed by atoms with E-state index >= 15 is 0 Å². The lowest BCUT2D eigenvalue weighted by Gasteiger charge is -2.30. The summed E-state index contributed by atoms with van der Waals surface area (Å²) >= 11 is 0. The normalized spacial score (nSPS) is 14.1. The van der Waals surface area contributed by atoms with E-state index in [2.05, 4.69) is 6.08 Å². The minimum absolute atomic E-state index is 0.0108. The van der Waals surface area contributed by atoms with Crippen molar-refractivity contribution in [1.29, 1.82) is 0 Å². The second-order valence-corrected chi connectivity index (χ2v) is 7.40. The predicted octanol–water partition coefficient (Wildman–Crippen LogP) is 4.16. The summed E-state index contributed by atoms with van der Waals surface area (Å²) in [5.41, 5.74) is 2.54. The van der Waals surface area contributed by atoms with Gasteiger partial charge < -0.3 is 9.80 Å². The van der Waals surface area contributed by atoms with Crippen LogP contribution >= 0.6 is 0 Å². The van der Waals surface area contributed by atoms with Gasteiger partial charge in [0.25, 0.3) is 0 Å². The highest BCUT2D eigenvalue weighted by Gasteiger charge is 2.21. The van der Waals surface area contributed by atoms with E-state index in [1.54, 1.807) is 11.8 Å². The van der Waals surface area contributed by atoms with Gasteiger partial charge in [0.2, 0.25) is 11.8 Å². The van der Waals surface area contributed by atoms with Crippen molar-refractivity contribution >= 4 is 11.8 Å². The molecule has 0 saturated carbocycles. The Morgan fingerprint density at radius 2 is 1.85 bits per heavy atom. The molecule has 0 N–H and O–H groups in total. The molecule has 26 heavy (non-hydrogen) atoms. The Kier molecular flexibility index (Phi) is 7.89. The van der Waals surface area contributed by atoms with Crippen LogP contribution in [0.25, 0.3) is 0 Å². The van der Waals surface area contributed by atoms with Crippen LogP contribution in [0.15, 0.2) is 42.0 Å². The fourth-order valence-corrected chi connectivity index (χ4v) is 3.35. The van der Waals surface area contributed by atoms with Crippen LogP contribution in [0.5, 0.6) is 0 Å². The van der Waals surface area contributed by atoms with E-state index in [1.165, 1.54) is 18.4 Å². The second kappa shape index (κ2) is 10.1. The van der Waals surface area contributed by atoms with Gasteiger partial charge in [0, 0.05) is 26.1 Å². The van der Waals surface area contributed by atoms with Gasteiger partial charge in [0.1, 0.15) is 0 Å². The quantitative estimate of drug-likeness (QED) is 0.656. The van der Waals surface area contributed by atoms with Crippen LogP contribution in [-0.4, -0.2) is 40.7 Å². The lowest BCUT2D eigenvalue weighted by molar-refractivity contribution is -0.141. The topological polar surface area (TPSA) is 40.6 Å². The summed E-state index contributed by atoms with van der Waals surface area (Å²) in [7, 11) is 0. The third-order valence-corrected chi connectivity index (χ3v) is 5.00. The van der Waals surface area contributed by atoms with Crippen molar-refractivity contribution in [3.05, 3.63) is 47.5 Å². The second-order valence-electron chi connectivity index (χ2n) is 7.40. The Labute approximate surface area is 157 Å². The molecule has 4 nitrogen and oxygen atoms in total. The standard InChI is InChI=1S/C22H32N2O2/c1-18(2)24(16-21-12-8-5-9-13-21)22(26)17-23(19(3)25)15-14-20-10-6-4-7-11-20/h5,8-10,12-13,18H,4,6-7,11,14-17H2,1-3H3. The fourth-order valence-electron chi connectivity index (χ4n) is 3.35. The van der Waals surface area contributed by atoms with Gasteiger partial charge >= 0.3 is 0 Å². The Morgan fingerprint density at radius 3 is 2.42 bits per heavy atom. The number of hydrogen-bond acceptors (Lipinski definition) is 2. The third-order valence-electron chi connectivity index (χ3n) is 5.00. The molecule has 0 unspecified atom stereocenters. The van der Waals surface area contributed by atoms with Gasteiger partial charge in [-0.15, -0.1) is 0 Å². The van der Waals surface area contributed by atoms with Gasteiger partial charge in [0.05, 0.1) is 6.54 Å². The summed E-state index contributed by atoms with van der Waals surface area (Å²) in [5, 5.41) is 0. The van der Waals surface area contributed by atoms with Gasteiger partial charge in [-0.05, 0) is 51.5 Å². The molecule has 0 atom stereocenters. The minimum Gasteiger partial charge on any atom is -0.334 e. The first kappa shape index (κ1) is 20.2. The van der Waals surface area contributed by atoms with Gasteiger partial charge in [-0.2, -0.15) is 0 Å². The summed E-state index contributed by atoms with van der Waals surface area (Å²) < 4.78 is 0. The van der Waals surface area contributed by atoms with Crippen LogP contribution in [0.2, 0.25) is 0 Å². The van der Waals surface area contributed by atoms with E-state index in [0.717, 1.165) is 24.8 Å². The van der Waals surface area contributed by atoms with Gasteiger partial charge in [0.15, 0.2) is 0 Å². The first-order valence-electron chi connectivity index (χ1n) is 9.74. The monoisotopic (exact) mass is 356 g/mol. The summed E-state index contributed by atoms with van der Waals surface area (Å²) in [6.07, 6.45) is 7.97. The summed E-state index contributed by atoms with van der Waals surface area (Å²) in [6.45, 7) is 6.96. The van der Waals surface area contributed by atoms with Crippen molar-refractivity contribution in [1.82, 2.24) is 9.80 Å². The van der Waals surface area contributed by atoms with E-state index in [4.69, 9.17) is 0 Å². The lowest BCUT2D eigenvalue weighted by Crippen LogP contribution is -2.45. The zero-order chi connectivity index (χ0) is 18.9. The molecule has 1 aliphatic carbocycles. The molecule has 1 aliphatic rings. The summed E-state index contributed by atoms with van der Waals surface area (Å²) in [4.78, 5) is 28.5. The molecular weight excluding hydrogens is 324 g/mol. The average molecular weight is 357 g/mol. The van der Waals surface area contributed by atoms with Crippen molar-refractivity contribution in [3.63, 3.8) is 0 Å². The van der Waals surface area contributed by atoms with Gasteiger partial charge in [-0.3, -0.25) is 9.59 Å². The van der Waals surface area contributed by atoms with Crippen molar-refractivity contribution in [2.75, 3.05) is 13.1 Å². The number of amides is 2. The largest absolute Gasteiger partial charge is 0.334 e. The highest BCUT2D eigenvalue weighted by Crippen LogP contribution is 2.20. The molecule has 142 valence electrons. The Bertz CT molecular complexity index is 622. The summed E-state index contributed by atoms with van der Waals surface area (Å²) in [5.74, 6) is -0.0187. The van der Waals surface area contributed by atoms with Crippen LogP contribution < -0.4 is 0 Å². The van der Waals surface area contributed by atoms with E-state index in [0.29, 0.717) is 13.1 Å². The van der Waals surface area contributed by atoms with Crippen LogP contribution in [0.4, 0.5) is 0 Å². The molecule has 4 heteroatoms. The molecule has 1 aromatic carbocycles. The predicted molar refractivity (Wildman–Crippen MR) is 106 cm³/mol. The molecule has 0 aromatic heterocycles. The van der Waals surface area contributed by atoms with Crippen LogP contribution in [0.1, 0.15) is 58.4 Å². The van der Waals surface area contributed by atoms with Crippen LogP contribution in [0.3, 0.4) is 0 Å². The number of benzene rings is 1. The molecule has 0 heterocycles. The van der Waals surface area contributed by atoms with Crippen molar-refractivity contribution in [3.8, 4) is 0 Å². The number of rotatable bonds is 8. The first-order valence-corrected chi connectivity index (χ1v) is 9.74. The average Bonchev–Trinajstić information content (AvgIpc) is 2.64. The highest BCUT2D eigenvalue weighted by molar-refractivity contribution is 5.84. The number of carbonyl (C=O) groups is 2. The molecule has 0 radical (unpaired) electrons. The van der Waals surface area contributed by atoms with E-state index < -0.39 is 0 Å². The Hall–Kier alpha value is -2.10. The maximum Gasteiger partial charge on any atom is 0.242 e. The zero-order valence-corrected chi connectivity index (χ0v) is 16.4. The van der Waals surface area contributed by atoms with Gasteiger partial charge in [-0.1, -0.05) is 42.0 Å². The van der Waals surface area contributed by atoms with Crippen molar-refractivity contribution in [2.24, 2.45) is 0 Å². The Balaban J connectivity index is 1.96. The van der Waals surface area contributed by atoms with E-state index in [-0.39, 0.29) is 24.4 Å². The fraction of sp³-hybridized carbons (Fsp3) is 0.545. The number of carbonyl (C=O) groups excluding carboxylic acids is 2. The molecule has 0 spiro atoms. The maximum atomic E-state index is 12.9. The van der Waals surface area contributed by atoms with Gasteiger partial charge in [-0.25, -0.2) is 0 Å². The molecular formula is C22H32N2O2. The minimum atomic E-state index is -0.0295. The maximum absolute atomic E-state index is 12.9. The molecule has 0 bridgehead atoms. The van der Waals surface area contributed by atoms with Crippen molar-refractivity contribution < 1.29 is 9.59 Å². The van der Waals surface area contributed by atoms with E-state index in [1.807, 2.05) is 49.1 Å². The molecule has 2 rings (SSSR count). The summed E-state index contributed by atoms with van der Waals surface area (Å²) in [6, 6.07) is 10.1. The van der Waals surface area contributed by atoms with Crippen LogP contribution in [0, 0.1) is 0 Å². The lowest BCUT2D eigenvalue weighted by atomic mass is 9.97. The molecule has 2 amide bonds.